The van der Waals surface area contributed by atoms with Crippen molar-refractivity contribution in [3.05, 3.63) is 59.8 Å². The summed E-state index contributed by atoms with van der Waals surface area (Å²) >= 11 is 0. The number of hydrogen-bond donors (Lipinski definition) is 0. The molecule has 0 N–H and O–H groups in total. The van der Waals surface area contributed by atoms with Gasteiger partial charge in [0.05, 0.1) is 11.5 Å². The van der Waals surface area contributed by atoms with Gasteiger partial charge in [0.15, 0.2) is 0 Å². The second-order valence-corrected chi connectivity index (χ2v) is 7.45. The Balaban J connectivity index is 1.62. The highest BCUT2D eigenvalue weighted by molar-refractivity contribution is 5.91. The van der Waals surface area contributed by atoms with Crippen LogP contribution >= 0.6 is 0 Å². The molecule has 4 heteroatoms. The molecule has 25 heavy (non-hydrogen) atoms. The molecule has 1 aromatic carbocycles. The number of likely N-dealkylation sites (tertiary alicyclic amines) is 1. The summed E-state index contributed by atoms with van der Waals surface area (Å²) in [7, 11) is 4.00. The number of aromatic nitrogens is 1. The van der Waals surface area contributed by atoms with Gasteiger partial charge in [0, 0.05) is 26.8 Å². The molecule has 2 fully saturated rings. The zero-order valence-electron chi connectivity index (χ0n) is 15.0. The van der Waals surface area contributed by atoms with Gasteiger partial charge in [-0.25, -0.2) is 4.98 Å². The van der Waals surface area contributed by atoms with Crippen LogP contribution in [0.5, 0.6) is 0 Å². The van der Waals surface area contributed by atoms with Gasteiger partial charge in [-0.3, -0.25) is 4.79 Å². The predicted octanol–water partition coefficient (Wildman–Crippen LogP) is 3.54. The van der Waals surface area contributed by atoms with E-state index in [1.807, 2.05) is 43.4 Å². The van der Waals surface area contributed by atoms with E-state index in [9.17, 15) is 4.79 Å². The van der Waals surface area contributed by atoms with Crippen molar-refractivity contribution in [2.24, 2.45) is 0 Å². The van der Waals surface area contributed by atoms with Gasteiger partial charge in [-0.1, -0.05) is 30.3 Å². The first-order chi connectivity index (χ1) is 12.1. The molecule has 2 heterocycles. The van der Waals surface area contributed by atoms with Crippen LogP contribution in [-0.2, 0) is 10.2 Å². The van der Waals surface area contributed by atoms with Gasteiger partial charge in [-0.05, 0) is 48.9 Å². The summed E-state index contributed by atoms with van der Waals surface area (Å²) in [6.45, 7) is 0.859. The molecule has 1 amide bonds. The first kappa shape index (κ1) is 16.1. The lowest BCUT2D eigenvalue weighted by molar-refractivity contribution is -0.135. The number of benzene rings is 1. The molecule has 4 nitrogen and oxygen atoms in total. The van der Waals surface area contributed by atoms with Crippen LogP contribution in [0.2, 0.25) is 0 Å². The van der Waals surface area contributed by atoms with E-state index < -0.39 is 0 Å². The third-order valence-corrected chi connectivity index (χ3v) is 5.61. The molecule has 1 atom stereocenters. The van der Waals surface area contributed by atoms with Crippen LogP contribution in [0.15, 0.2) is 48.7 Å². The van der Waals surface area contributed by atoms with Crippen molar-refractivity contribution >= 4 is 11.7 Å². The van der Waals surface area contributed by atoms with Gasteiger partial charge in [0.1, 0.15) is 5.82 Å². The van der Waals surface area contributed by atoms with E-state index in [0.717, 1.165) is 38.0 Å². The molecule has 1 saturated heterocycles. The number of carbonyl (C=O) groups excluding carboxylic acids is 1. The molecular formula is C21H25N3O. The van der Waals surface area contributed by atoms with Crippen molar-refractivity contribution < 1.29 is 4.79 Å². The highest BCUT2D eigenvalue weighted by atomic mass is 16.2. The molecule has 0 bridgehead atoms. The maximum Gasteiger partial charge on any atom is 0.233 e. The van der Waals surface area contributed by atoms with Crippen molar-refractivity contribution in [1.82, 2.24) is 9.88 Å². The summed E-state index contributed by atoms with van der Waals surface area (Å²) in [6, 6.07) is 14.7. The number of nitrogens with zero attached hydrogens (tertiary/aromatic N) is 3. The Hall–Kier alpha value is -2.36. The van der Waals surface area contributed by atoms with Crippen LogP contribution in [0.3, 0.4) is 0 Å². The van der Waals surface area contributed by atoms with Crippen LogP contribution in [0.4, 0.5) is 5.82 Å². The number of rotatable bonds is 4. The van der Waals surface area contributed by atoms with Gasteiger partial charge in [-0.2, -0.15) is 0 Å². The Kier molecular flexibility index (Phi) is 3.98. The van der Waals surface area contributed by atoms with Crippen LogP contribution in [0.25, 0.3) is 0 Å². The van der Waals surface area contributed by atoms with Gasteiger partial charge in [0.25, 0.3) is 0 Å². The predicted molar refractivity (Wildman–Crippen MR) is 99.6 cm³/mol. The normalized spacial score (nSPS) is 21.2. The smallest absolute Gasteiger partial charge is 0.233 e. The first-order valence-corrected chi connectivity index (χ1v) is 9.12. The summed E-state index contributed by atoms with van der Waals surface area (Å²) in [6.07, 6.45) is 5.90. The molecule has 1 aliphatic carbocycles. The average Bonchev–Trinajstić information content (AvgIpc) is 3.32. The second kappa shape index (κ2) is 6.17. The largest absolute Gasteiger partial charge is 0.363 e. The Bertz CT molecular complexity index is 768. The van der Waals surface area contributed by atoms with E-state index >= 15 is 0 Å². The highest BCUT2D eigenvalue weighted by Gasteiger charge is 2.54. The number of carbonyl (C=O) groups is 1. The van der Waals surface area contributed by atoms with Gasteiger partial charge < -0.3 is 9.80 Å². The molecular weight excluding hydrogens is 310 g/mol. The molecule has 1 aromatic heterocycles. The molecule has 4 rings (SSSR count). The van der Waals surface area contributed by atoms with Crippen LogP contribution in [0, 0.1) is 0 Å². The van der Waals surface area contributed by atoms with E-state index in [0.29, 0.717) is 5.91 Å². The van der Waals surface area contributed by atoms with E-state index in [-0.39, 0.29) is 11.5 Å². The minimum Gasteiger partial charge on any atom is -0.363 e. The lowest BCUT2D eigenvalue weighted by Gasteiger charge is -2.30. The van der Waals surface area contributed by atoms with Crippen molar-refractivity contribution in [1.29, 1.82) is 0 Å². The summed E-state index contributed by atoms with van der Waals surface area (Å²) in [5.41, 5.74) is 2.10. The molecule has 2 aromatic rings. The van der Waals surface area contributed by atoms with E-state index in [1.165, 1.54) is 11.1 Å². The van der Waals surface area contributed by atoms with Crippen LogP contribution in [-0.4, -0.2) is 36.4 Å². The maximum absolute atomic E-state index is 13.4. The first-order valence-electron chi connectivity index (χ1n) is 9.12. The Labute approximate surface area is 149 Å². The maximum atomic E-state index is 13.4. The lowest BCUT2D eigenvalue weighted by atomic mass is 9.93. The molecule has 1 saturated carbocycles. The molecule has 0 radical (unpaired) electrons. The van der Waals surface area contributed by atoms with Gasteiger partial charge >= 0.3 is 0 Å². The minimum atomic E-state index is -0.277. The third-order valence-electron chi connectivity index (χ3n) is 5.61. The summed E-state index contributed by atoms with van der Waals surface area (Å²) < 4.78 is 0. The number of pyridine rings is 1. The molecule has 0 spiro atoms. The summed E-state index contributed by atoms with van der Waals surface area (Å²) in [5.74, 6) is 1.26. The van der Waals surface area contributed by atoms with E-state index in [1.54, 1.807) is 0 Å². The third kappa shape index (κ3) is 2.80. The van der Waals surface area contributed by atoms with Crippen LogP contribution < -0.4 is 4.90 Å². The molecule has 0 unspecified atom stereocenters. The van der Waals surface area contributed by atoms with Crippen molar-refractivity contribution in [3.8, 4) is 0 Å². The fraction of sp³-hybridized carbons (Fsp3) is 0.429. The topological polar surface area (TPSA) is 36.4 Å². The van der Waals surface area contributed by atoms with Gasteiger partial charge in [-0.15, -0.1) is 0 Å². The van der Waals surface area contributed by atoms with Crippen molar-refractivity contribution in [2.75, 3.05) is 25.5 Å². The summed E-state index contributed by atoms with van der Waals surface area (Å²) in [4.78, 5) is 22.0. The second-order valence-electron chi connectivity index (χ2n) is 7.45. The van der Waals surface area contributed by atoms with Crippen LogP contribution in [0.1, 0.15) is 42.9 Å². The van der Waals surface area contributed by atoms with Crippen molar-refractivity contribution in [2.45, 2.75) is 37.1 Å². The number of anilines is 1. The Morgan fingerprint density at radius 3 is 2.64 bits per heavy atom. The van der Waals surface area contributed by atoms with E-state index in [2.05, 4.69) is 34.1 Å². The molecule has 1 aliphatic heterocycles. The zero-order valence-corrected chi connectivity index (χ0v) is 15.0. The Morgan fingerprint density at radius 1 is 1.20 bits per heavy atom. The van der Waals surface area contributed by atoms with E-state index in [4.69, 9.17) is 0 Å². The molecule has 2 aliphatic rings. The fourth-order valence-electron chi connectivity index (χ4n) is 4.03. The SMILES string of the molecule is CN(C)c1cc([C@H]2CCCN2C(=O)C2(c3ccccc3)CC2)ccn1. The Morgan fingerprint density at radius 2 is 1.96 bits per heavy atom. The monoisotopic (exact) mass is 335 g/mol. The quantitative estimate of drug-likeness (QED) is 0.857. The van der Waals surface area contributed by atoms with Crippen molar-refractivity contribution in [3.63, 3.8) is 0 Å². The number of hydrogen-bond acceptors (Lipinski definition) is 3. The average molecular weight is 335 g/mol. The summed E-state index contributed by atoms with van der Waals surface area (Å²) in [5, 5.41) is 0. The number of amides is 1. The van der Waals surface area contributed by atoms with Gasteiger partial charge in [0.2, 0.25) is 5.91 Å². The fourth-order valence-corrected chi connectivity index (χ4v) is 4.03. The minimum absolute atomic E-state index is 0.176. The molecule has 130 valence electrons. The lowest BCUT2D eigenvalue weighted by Crippen LogP contribution is -2.39. The zero-order chi connectivity index (χ0) is 17.4. The standard InChI is InChI=1S/C21H25N3O/c1-23(2)19-15-16(10-13-22-19)18-9-6-14-24(18)20(25)21(11-12-21)17-7-4-3-5-8-17/h3-5,7-8,10,13,15,18H,6,9,11-12,14H2,1-2H3/t18-/m1/s1. The highest BCUT2D eigenvalue weighted by Crippen LogP contribution is 2.51.